The minimum absolute atomic E-state index is 0.120. The molecule has 4 rings (SSSR count). The summed E-state index contributed by atoms with van der Waals surface area (Å²) >= 11 is 0. The molecule has 3 heterocycles. The monoisotopic (exact) mass is 542 g/mol. The average Bonchev–Trinajstić information content (AvgIpc) is 2.89. The van der Waals surface area contributed by atoms with Crippen molar-refractivity contribution in [2.45, 2.75) is 31.3 Å². The zero-order valence-electron chi connectivity index (χ0n) is 21.4. The number of hydrogen-bond acceptors (Lipinski definition) is 8. The Morgan fingerprint density at radius 3 is 2.64 bits per heavy atom. The maximum atomic E-state index is 12.8. The Labute approximate surface area is 225 Å². The molecule has 3 aromatic heterocycles. The van der Waals surface area contributed by atoms with Crippen molar-refractivity contribution in [1.29, 1.82) is 5.26 Å². The first-order chi connectivity index (χ1) is 18.5. The topological polar surface area (TPSA) is 161 Å². The molecular formula is C28H26N6O4S. The second kappa shape index (κ2) is 11.3. The smallest absolute Gasteiger partial charge is 0.251 e. The minimum Gasteiger partial charge on any atom is -0.383 e. The minimum atomic E-state index is -3.58. The number of sulfone groups is 1. The molecular weight excluding hydrogens is 516 g/mol. The maximum absolute atomic E-state index is 12.8. The molecule has 39 heavy (non-hydrogen) atoms. The van der Waals surface area contributed by atoms with Gasteiger partial charge in [0.15, 0.2) is 9.84 Å². The van der Waals surface area contributed by atoms with Crippen LogP contribution in [0.25, 0.3) is 0 Å². The molecule has 0 fully saturated rings. The van der Waals surface area contributed by atoms with Gasteiger partial charge in [-0.05, 0) is 53.9 Å². The lowest BCUT2D eigenvalue weighted by atomic mass is 10.1. The summed E-state index contributed by atoms with van der Waals surface area (Å²) in [6.45, 7) is 2.03. The van der Waals surface area contributed by atoms with E-state index in [0.29, 0.717) is 40.1 Å². The molecule has 0 saturated carbocycles. The van der Waals surface area contributed by atoms with E-state index < -0.39 is 9.84 Å². The number of pyridine rings is 3. The van der Waals surface area contributed by atoms with Gasteiger partial charge in [-0.2, -0.15) is 5.26 Å². The highest BCUT2D eigenvalue weighted by atomic mass is 32.2. The predicted molar refractivity (Wildman–Crippen MR) is 146 cm³/mol. The van der Waals surface area contributed by atoms with Gasteiger partial charge in [-0.3, -0.25) is 14.6 Å². The Kier molecular flexibility index (Phi) is 7.88. The lowest BCUT2D eigenvalue weighted by Gasteiger charge is -2.13. The van der Waals surface area contributed by atoms with E-state index in [4.69, 9.17) is 5.73 Å². The number of anilines is 1. The fourth-order valence-electron chi connectivity index (χ4n) is 4.10. The van der Waals surface area contributed by atoms with Crippen molar-refractivity contribution in [1.82, 2.24) is 19.9 Å². The Morgan fingerprint density at radius 1 is 1.13 bits per heavy atom. The molecule has 0 spiro atoms. The average molecular weight is 543 g/mol. The number of nitriles is 1. The Balaban J connectivity index is 1.52. The zero-order valence-corrected chi connectivity index (χ0v) is 22.2. The van der Waals surface area contributed by atoms with Gasteiger partial charge < -0.3 is 15.6 Å². The van der Waals surface area contributed by atoms with Crippen LogP contribution in [0.5, 0.6) is 0 Å². The van der Waals surface area contributed by atoms with E-state index >= 15 is 0 Å². The Morgan fingerprint density at radius 2 is 1.92 bits per heavy atom. The molecule has 1 aromatic carbocycles. The predicted octanol–water partition coefficient (Wildman–Crippen LogP) is 2.37. The van der Waals surface area contributed by atoms with Crippen LogP contribution in [0, 0.1) is 18.3 Å². The third-order valence-corrected chi connectivity index (χ3v) is 7.32. The van der Waals surface area contributed by atoms with E-state index in [9.17, 15) is 23.3 Å². The summed E-state index contributed by atoms with van der Waals surface area (Å²) in [7, 11) is -3.58. The van der Waals surface area contributed by atoms with Gasteiger partial charge in [-0.1, -0.05) is 18.2 Å². The van der Waals surface area contributed by atoms with Crippen LogP contribution < -0.4 is 16.6 Å². The number of nitrogens with zero attached hydrogens (tertiary/aromatic N) is 4. The quantitative estimate of drug-likeness (QED) is 0.343. The number of amides is 1. The maximum Gasteiger partial charge on any atom is 0.251 e. The van der Waals surface area contributed by atoms with Crippen LogP contribution in [0.2, 0.25) is 0 Å². The second-order valence-corrected chi connectivity index (χ2v) is 11.0. The van der Waals surface area contributed by atoms with Crippen molar-refractivity contribution in [3.8, 4) is 6.07 Å². The molecule has 4 aromatic rings. The van der Waals surface area contributed by atoms with Gasteiger partial charge in [0.05, 0.1) is 17.0 Å². The zero-order chi connectivity index (χ0) is 28.2. The Hall–Kier alpha value is -4.82. The van der Waals surface area contributed by atoms with Crippen LogP contribution in [0.4, 0.5) is 5.82 Å². The molecule has 0 aliphatic rings. The van der Waals surface area contributed by atoms with Gasteiger partial charge in [0.25, 0.3) is 11.5 Å². The first kappa shape index (κ1) is 27.2. The van der Waals surface area contributed by atoms with Crippen molar-refractivity contribution in [3.05, 3.63) is 117 Å². The summed E-state index contributed by atoms with van der Waals surface area (Å²) in [4.78, 5) is 33.6. The number of rotatable bonds is 8. The summed E-state index contributed by atoms with van der Waals surface area (Å²) in [6.07, 6.45) is 4.55. The molecule has 0 aliphatic carbocycles. The highest BCUT2D eigenvalue weighted by Gasteiger charge is 2.16. The number of nitrogen functional groups attached to an aromatic ring is 1. The Bertz CT molecular complexity index is 1770. The van der Waals surface area contributed by atoms with Gasteiger partial charge in [-0.25, -0.2) is 13.4 Å². The highest BCUT2D eigenvalue weighted by Crippen LogP contribution is 2.21. The standard InChI is InChI=1S/C28H26N6O4S/c1-18-23(13-22(15-29)27(30)33-18)16-32-28(36)20-8-9-31-24(14-20)11-19-6-7-21(25(12-19)39(2,37)38)17-34-10-4-3-5-26(34)35/h3-10,12-14H,11,16-17H2,1-2H3,(H2,30,33)(H,32,36). The molecule has 0 atom stereocenters. The van der Waals surface area contributed by atoms with E-state index in [0.717, 1.165) is 6.26 Å². The van der Waals surface area contributed by atoms with E-state index in [1.54, 1.807) is 61.7 Å². The van der Waals surface area contributed by atoms with Crippen molar-refractivity contribution >= 4 is 21.6 Å². The van der Waals surface area contributed by atoms with E-state index in [1.165, 1.54) is 16.8 Å². The van der Waals surface area contributed by atoms with Crippen LogP contribution >= 0.6 is 0 Å². The normalized spacial score (nSPS) is 11.1. The van der Waals surface area contributed by atoms with Crippen LogP contribution in [0.15, 0.2) is 76.7 Å². The number of nitrogens with one attached hydrogen (secondary N) is 1. The third kappa shape index (κ3) is 6.55. The molecule has 1 amide bonds. The number of benzene rings is 1. The molecule has 0 aliphatic heterocycles. The second-order valence-electron chi connectivity index (χ2n) is 9.05. The number of hydrogen-bond donors (Lipinski definition) is 2. The van der Waals surface area contributed by atoms with Crippen molar-refractivity contribution in [2.24, 2.45) is 0 Å². The van der Waals surface area contributed by atoms with Crippen molar-refractivity contribution < 1.29 is 13.2 Å². The summed E-state index contributed by atoms with van der Waals surface area (Å²) in [5.41, 5.74) is 9.19. The molecule has 0 unspecified atom stereocenters. The number of aromatic nitrogens is 3. The molecule has 198 valence electrons. The highest BCUT2D eigenvalue weighted by molar-refractivity contribution is 7.90. The van der Waals surface area contributed by atoms with E-state index in [1.807, 2.05) is 6.07 Å². The fraction of sp³-hybridized carbons (Fsp3) is 0.179. The number of carbonyl (C=O) groups excluding carboxylic acids is 1. The summed E-state index contributed by atoms with van der Waals surface area (Å²) in [6, 6.07) is 16.6. The van der Waals surface area contributed by atoms with Gasteiger partial charge in [0.2, 0.25) is 0 Å². The fourth-order valence-corrected chi connectivity index (χ4v) is 5.07. The SMILES string of the molecule is Cc1nc(N)c(C#N)cc1CNC(=O)c1ccnc(Cc2ccc(Cn3ccccc3=O)c(S(C)(=O)=O)c2)c1. The summed E-state index contributed by atoms with van der Waals surface area (Å²) in [5, 5.41) is 12.0. The van der Waals surface area contributed by atoms with Crippen LogP contribution in [-0.2, 0) is 29.3 Å². The van der Waals surface area contributed by atoms with E-state index in [-0.39, 0.29) is 40.8 Å². The first-order valence-electron chi connectivity index (χ1n) is 11.9. The molecule has 0 bridgehead atoms. The van der Waals surface area contributed by atoms with E-state index in [2.05, 4.69) is 15.3 Å². The van der Waals surface area contributed by atoms with Crippen molar-refractivity contribution in [2.75, 3.05) is 12.0 Å². The van der Waals surface area contributed by atoms with Gasteiger partial charge in [0.1, 0.15) is 11.9 Å². The largest absolute Gasteiger partial charge is 0.383 e. The van der Waals surface area contributed by atoms with Crippen LogP contribution in [0.1, 0.15) is 44.0 Å². The van der Waals surface area contributed by atoms with Gasteiger partial charge >= 0.3 is 0 Å². The lowest BCUT2D eigenvalue weighted by Crippen LogP contribution is -2.24. The third-order valence-electron chi connectivity index (χ3n) is 6.14. The number of aryl methyl sites for hydroxylation is 1. The van der Waals surface area contributed by atoms with Crippen LogP contribution in [0.3, 0.4) is 0 Å². The van der Waals surface area contributed by atoms with Gasteiger partial charge in [0, 0.05) is 54.6 Å². The summed E-state index contributed by atoms with van der Waals surface area (Å²) in [5.74, 6) is -0.196. The lowest BCUT2D eigenvalue weighted by molar-refractivity contribution is 0.0950. The molecule has 0 radical (unpaired) electrons. The number of nitrogens with two attached hydrogens (primary N) is 1. The molecule has 0 saturated heterocycles. The first-order valence-corrected chi connectivity index (χ1v) is 13.8. The van der Waals surface area contributed by atoms with Crippen molar-refractivity contribution in [3.63, 3.8) is 0 Å². The molecule has 11 heteroatoms. The number of carbonyl (C=O) groups is 1. The molecule has 10 nitrogen and oxygen atoms in total. The van der Waals surface area contributed by atoms with Crippen LogP contribution in [-0.4, -0.2) is 35.1 Å². The summed E-state index contributed by atoms with van der Waals surface area (Å²) < 4.78 is 26.6. The molecule has 3 N–H and O–H groups in total. The van der Waals surface area contributed by atoms with Gasteiger partial charge in [-0.15, -0.1) is 0 Å².